The van der Waals surface area contributed by atoms with Gasteiger partial charge in [0.2, 0.25) is 0 Å². The van der Waals surface area contributed by atoms with E-state index in [0.29, 0.717) is 24.2 Å². The molecule has 3 heterocycles. The molecule has 0 atom stereocenters. The Hall–Kier alpha value is -1.52. The molecular weight excluding hydrogens is 262 g/mol. The van der Waals surface area contributed by atoms with E-state index in [9.17, 15) is 0 Å². The Kier molecular flexibility index (Phi) is 3.21. The molecule has 19 heavy (non-hydrogen) atoms. The van der Waals surface area contributed by atoms with Gasteiger partial charge in [0, 0.05) is 17.7 Å². The summed E-state index contributed by atoms with van der Waals surface area (Å²) in [6, 6.07) is 4.00. The van der Waals surface area contributed by atoms with Crippen LogP contribution in [0.25, 0.3) is 11.5 Å². The molecule has 0 saturated carbocycles. The first kappa shape index (κ1) is 12.5. The minimum atomic E-state index is 0.473. The molecule has 0 N–H and O–H groups in total. The van der Waals surface area contributed by atoms with Gasteiger partial charge in [-0.25, -0.2) is 15.0 Å². The Morgan fingerprint density at radius 1 is 1.16 bits per heavy atom. The Labute approximate surface area is 116 Å². The molecule has 0 aromatic carbocycles. The second-order valence-electron chi connectivity index (χ2n) is 4.74. The lowest BCUT2D eigenvalue weighted by atomic mass is 10.1. The van der Waals surface area contributed by atoms with Crippen molar-refractivity contribution in [2.24, 2.45) is 0 Å². The summed E-state index contributed by atoms with van der Waals surface area (Å²) in [4.78, 5) is 13.4. The molecule has 0 saturated heterocycles. The topological polar surface area (TPSA) is 47.9 Å². The number of nitrogens with zero attached hydrogens (tertiary/aromatic N) is 3. The number of aromatic nitrogens is 3. The second kappa shape index (κ2) is 4.87. The van der Waals surface area contributed by atoms with Gasteiger partial charge in [0.25, 0.3) is 0 Å². The molecule has 98 valence electrons. The molecule has 0 spiro atoms. The van der Waals surface area contributed by atoms with Crippen molar-refractivity contribution in [3.8, 4) is 11.5 Å². The number of ether oxygens (including phenoxy) is 1. The van der Waals surface area contributed by atoms with Crippen molar-refractivity contribution in [1.29, 1.82) is 0 Å². The van der Waals surface area contributed by atoms with Crippen LogP contribution in [0.2, 0.25) is 5.15 Å². The first-order valence-corrected chi connectivity index (χ1v) is 6.60. The Morgan fingerprint density at radius 3 is 2.79 bits per heavy atom. The lowest BCUT2D eigenvalue weighted by Gasteiger charge is -2.17. The summed E-state index contributed by atoms with van der Waals surface area (Å²) in [6.07, 6.45) is 0.773. The van der Waals surface area contributed by atoms with Crippen LogP contribution in [0.1, 0.15) is 22.5 Å². The minimum Gasteiger partial charge on any atom is -0.376 e. The van der Waals surface area contributed by atoms with Crippen LogP contribution < -0.4 is 0 Å². The first-order chi connectivity index (χ1) is 9.13. The fraction of sp³-hybridized carbons (Fsp3) is 0.357. The molecule has 0 fully saturated rings. The molecule has 0 radical (unpaired) electrons. The molecule has 0 unspecified atom stereocenters. The van der Waals surface area contributed by atoms with E-state index in [2.05, 4.69) is 15.0 Å². The van der Waals surface area contributed by atoms with E-state index >= 15 is 0 Å². The van der Waals surface area contributed by atoms with Gasteiger partial charge in [0.15, 0.2) is 5.82 Å². The van der Waals surface area contributed by atoms with Gasteiger partial charge in [-0.05, 0) is 31.5 Å². The van der Waals surface area contributed by atoms with Gasteiger partial charge in [-0.3, -0.25) is 0 Å². The fourth-order valence-corrected chi connectivity index (χ4v) is 2.51. The van der Waals surface area contributed by atoms with Crippen molar-refractivity contribution < 1.29 is 4.74 Å². The highest BCUT2D eigenvalue weighted by Crippen LogP contribution is 2.25. The van der Waals surface area contributed by atoms with E-state index in [0.717, 1.165) is 34.6 Å². The van der Waals surface area contributed by atoms with E-state index < -0.39 is 0 Å². The van der Waals surface area contributed by atoms with Crippen LogP contribution in [0.15, 0.2) is 12.1 Å². The van der Waals surface area contributed by atoms with Crippen molar-refractivity contribution in [2.75, 3.05) is 6.61 Å². The fourth-order valence-electron chi connectivity index (χ4n) is 2.26. The minimum absolute atomic E-state index is 0.473. The number of rotatable bonds is 1. The number of hydrogen-bond acceptors (Lipinski definition) is 4. The van der Waals surface area contributed by atoms with Gasteiger partial charge in [-0.15, -0.1) is 0 Å². The van der Waals surface area contributed by atoms with Crippen molar-refractivity contribution in [3.63, 3.8) is 0 Å². The molecular formula is C14H14ClN3O. The molecule has 5 heteroatoms. The first-order valence-electron chi connectivity index (χ1n) is 6.22. The Bertz CT molecular complexity index is 623. The van der Waals surface area contributed by atoms with Crippen molar-refractivity contribution >= 4 is 11.6 Å². The standard InChI is InChI=1S/C14H14ClN3O/c1-8-5-9(2)16-12(6-8)14-17-11-3-4-19-7-10(11)13(15)18-14/h5-6H,3-4,7H2,1-2H3. The van der Waals surface area contributed by atoms with Crippen LogP contribution in [-0.4, -0.2) is 21.6 Å². The summed E-state index contributed by atoms with van der Waals surface area (Å²) in [6.45, 7) is 5.17. The lowest BCUT2D eigenvalue weighted by molar-refractivity contribution is 0.109. The highest BCUT2D eigenvalue weighted by atomic mass is 35.5. The van der Waals surface area contributed by atoms with Crippen molar-refractivity contribution in [2.45, 2.75) is 26.9 Å². The predicted octanol–water partition coefficient (Wildman–Crippen LogP) is 2.88. The number of halogens is 1. The van der Waals surface area contributed by atoms with Gasteiger partial charge in [0.1, 0.15) is 10.8 Å². The van der Waals surface area contributed by atoms with Gasteiger partial charge >= 0.3 is 0 Å². The van der Waals surface area contributed by atoms with Crippen molar-refractivity contribution in [1.82, 2.24) is 15.0 Å². The SMILES string of the molecule is Cc1cc(C)nc(-c2nc(Cl)c3c(n2)CCOC3)c1. The van der Waals surface area contributed by atoms with E-state index in [-0.39, 0.29) is 0 Å². The quantitative estimate of drug-likeness (QED) is 0.751. The highest BCUT2D eigenvalue weighted by molar-refractivity contribution is 6.30. The van der Waals surface area contributed by atoms with E-state index in [1.54, 1.807) is 0 Å². The van der Waals surface area contributed by atoms with Crippen LogP contribution in [0.5, 0.6) is 0 Å². The average molecular weight is 276 g/mol. The molecule has 2 aromatic heterocycles. The van der Waals surface area contributed by atoms with E-state index in [1.165, 1.54) is 0 Å². The molecule has 3 rings (SSSR count). The normalized spacial score (nSPS) is 14.3. The summed E-state index contributed by atoms with van der Waals surface area (Å²) in [5, 5.41) is 0.473. The van der Waals surface area contributed by atoms with Crippen molar-refractivity contribution in [3.05, 3.63) is 39.8 Å². The molecule has 1 aliphatic rings. The zero-order valence-electron chi connectivity index (χ0n) is 10.9. The van der Waals surface area contributed by atoms with Crippen LogP contribution >= 0.6 is 11.6 Å². The van der Waals surface area contributed by atoms with Gasteiger partial charge < -0.3 is 4.74 Å². The summed E-state index contributed by atoms with van der Waals surface area (Å²) in [7, 11) is 0. The third-order valence-electron chi connectivity index (χ3n) is 3.10. The number of aryl methyl sites for hydroxylation is 2. The van der Waals surface area contributed by atoms with E-state index in [4.69, 9.17) is 16.3 Å². The number of fused-ring (bicyclic) bond motifs is 1. The van der Waals surface area contributed by atoms with Crippen LogP contribution in [0, 0.1) is 13.8 Å². The van der Waals surface area contributed by atoms with Crippen LogP contribution in [0.4, 0.5) is 0 Å². The summed E-state index contributed by atoms with van der Waals surface area (Å²) < 4.78 is 5.38. The maximum absolute atomic E-state index is 6.22. The largest absolute Gasteiger partial charge is 0.376 e. The maximum atomic E-state index is 6.22. The van der Waals surface area contributed by atoms with E-state index in [1.807, 2.05) is 26.0 Å². The monoisotopic (exact) mass is 275 g/mol. The summed E-state index contributed by atoms with van der Waals surface area (Å²) in [5.41, 5.74) is 4.75. The van der Waals surface area contributed by atoms with Gasteiger partial charge in [-0.1, -0.05) is 11.6 Å². The summed E-state index contributed by atoms with van der Waals surface area (Å²) in [5.74, 6) is 0.595. The van der Waals surface area contributed by atoms with Crippen LogP contribution in [-0.2, 0) is 17.8 Å². The number of pyridine rings is 1. The molecule has 4 nitrogen and oxygen atoms in total. The third kappa shape index (κ3) is 2.46. The Morgan fingerprint density at radius 2 is 2.00 bits per heavy atom. The maximum Gasteiger partial charge on any atom is 0.179 e. The van der Waals surface area contributed by atoms with Crippen LogP contribution in [0.3, 0.4) is 0 Å². The molecule has 1 aliphatic heterocycles. The smallest absolute Gasteiger partial charge is 0.179 e. The third-order valence-corrected chi connectivity index (χ3v) is 3.41. The summed E-state index contributed by atoms with van der Waals surface area (Å²) >= 11 is 6.22. The molecule has 2 aromatic rings. The predicted molar refractivity (Wildman–Crippen MR) is 73.1 cm³/mol. The molecule has 0 aliphatic carbocycles. The average Bonchev–Trinajstić information content (AvgIpc) is 2.37. The second-order valence-corrected chi connectivity index (χ2v) is 5.09. The highest BCUT2D eigenvalue weighted by Gasteiger charge is 2.18. The lowest BCUT2D eigenvalue weighted by Crippen LogP contribution is -2.14. The zero-order valence-corrected chi connectivity index (χ0v) is 11.7. The van der Waals surface area contributed by atoms with Gasteiger partial charge in [0.05, 0.1) is 18.9 Å². The van der Waals surface area contributed by atoms with Gasteiger partial charge in [-0.2, -0.15) is 0 Å². The number of hydrogen-bond donors (Lipinski definition) is 0. The molecule has 0 bridgehead atoms. The molecule has 0 amide bonds. The Balaban J connectivity index is 2.12. The zero-order chi connectivity index (χ0) is 13.4.